The van der Waals surface area contributed by atoms with Gasteiger partial charge >= 0.3 is 5.97 Å². The van der Waals surface area contributed by atoms with E-state index in [0.29, 0.717) is 12.3 Å². The highest BCUT2D eigenvalue weighted by molar-refractivity contribution is 5.91. The number of rotatable bonds is 4. The van der Waals surface area contributed by atoms with Gasteiger partial charge in [0, 0.05) is 11.8 Å². The lowest BCUT2D eigenvalue weighted by molar-refractivity contribution is -0.141. The highest BCUT2D eigenvalue weighted by atomic mass is 16.4. The molecule has 1 aromatic rings. The van der Waals surface area contributed by atoms with Crippen molar-refractivity contribution in [2.24, 2.45) is 5.92 Å². The number of benzene rings is 1. The van der Waals surface area contributed by atoms with Crippen LogP contribution in [0.4, 0.5) is 0 Å². The summed E-state index contributed by atoms with van der Waals surface area (Å²) in [4.78, 5) is 23.3. The molecular formula is C15H19NO3. The summed E-state index contributed by atoms with van der Waals surface area (Å²) in [7, 11) is 0. The molecule has 0 aromatic heterocycles. The van der Waals surface area contributed by atoms with Crippen molar-refractivity contribution in [3.63, 3.8) is 0 Å². The van der Waals surface area contributed by atoms with Crippen LogP contribution in [0, 0.1) is 5.92 Å². The van der Waals surface area contributed by atoms with Gasteiger partial charge in [0.25, 0.3) is 0 Å². The summed E-state index contributed by atoms with van der Waals surface area (Å²) in [5, 5.41) is 12.0. The van der Waals surface area contributed by atoms with Crippen molar-refractivity contribution in [3.8, 4) is 0 Å². The Labute approximate surface area is 112 Å². The fourth-order valence-corrected chi connectivity index (χ4v) is 3.11. The minimum Gasteiger partial charge on any atom is -0.480 e. The fraction of sp³-hybridized carbons (Fsp3) is 0.467. The van der Waals surface area contributed by atoms with Gasteiger partial charge in [-0.1, -0.05) is 44.2 Å². The van der Waals surface area contributed by atoms with Crippen molar-refractivity contribution in [1.82, 2.24) is 5.32 Å². The van der Waals surface area contributed by atoms with Crippen LogP contribution in [-0.2, 0) is 15.0 Å². The first-order valence-electron chi connectivity index (χ1n) is 6.53. The van der Waals surface area contributed by atoms with E-state index in [4.69, 9.17) is 0 Å². The van der Waals surface area contributed by atoms with Gasteiger partial charge in [-0.3, -0.25) is 4.79 Å². The first-order chi connectivity index (χ1) is 8.95. The maximum absolute atomic E-state index is 11.8. The first kappa shape index (κ1) is 13.6. The number of carboxylic acids is 1. The number of carbonyl (C=O) groups is 2. The van der Waals surface area contributed by atoms with Gasteiger partial charge < -0.3 is 10.4 Å². The molecule has 0 bridgehead atoms. The van der Waals surface area contributed by atoms with Crippen LogP contribution in [0.25, 0.3) is 0 Å². The summed E-state index contributed by atoms with van der Waals surface area (Å²) in [6, 6.07) is 8.66. The van der Waals surface area contributed by atoms with Crippen molar-refractivity contribution >= 4 is 11.9 Å². The zero-order chi connectivity index (χ0) is 14.0. The zero-order valence-corrected chi connectivity index (χ0v) is 11.2. The largest absolute Gasteiger partial charge is 0.480 e. The van der Waals surface area contributed by atoms with Gasteiger partial charge in [0.15, 0.2) is 0 Å². The second-order valence-corrected chi connectivity index (χ2v) is 5.64. The molecule has 4 heteroatoms. The van der Waals surface area contributed by atoms with E-state index in [1.165, 1.54) is 0 Å². The minimum absolute atomic E-state index is 0.183. The Balaban J connectivity index is 2.51. The Morgan fingerprint density at radius 3 is 2.58 bits per heavy atom. The average Bonchev–Trinajstić information content (AvgIpc) is 2.68. The minimum atomic E-state index is -0.963. The highest BCUT2D eigenvalue weighted by Gasteiger charge is 2.51. The third-order valence-corrected chi connectivity index (χ3v) is 3.70. The highest BCUT2D eigenvalue weighted by Crippen LogP contribution is 2.41. The van der Waals surface area contributed by atoms with Gasteiger partial charge in [-0.25, -0.2) is 4.79 Å². The number of nitrogens with one attached hydrogen (secondary N) is 1. The van der Waals surface area contributed by atoms with E-state index in [9.17, 15) is 14.7 Å². The quantitative estimate of drug-likeness (QED) is 0.870. The molecule has 4 nitrogen and oxygen atoms in total. The lowest BCUT2D eigenvalue weighted by Crippen LogP contribution is -2.47. The summed E-state index contributed by atoms with van der Waals surface area (Å²) >= 11 is 0. The SMILES string of the molecule is CC(C)CC1(c2ccccc2)CC(=O)NC1C(=O)O. The third-order valence-electron chi connectivity index (χ3n) is 3.70. The molecule has 1 fully saturated rings. The van der Waals surface area contributed by atoms with Crippen molar-refractivity contribution in [1.29, 1.82) is 0 Å². The van der Waals surface area contributed by atoms with Crippen LogP contribution >= 0.6 is 0 Å². The van der Waals surface area contributed by atoms with E-state index in [2.05, 4.69) is 5.32 Å². The van der Waals surface area contributed by atoms with E-state index in [1.54, 1.807) is 0 Å². The lowest BCUT2D eigenvalue weighted by atomic mass is 9.69. The Morgan fingerprint density at radius 1 is 1.42 bits per heavy atom. The number of carboxylic acid groups (broad SMARTS) is 1. The number of aliphatic carboxylic acids is 1. The molecule has 1 amide bonds. The topological polar surface area (TPSA) is 66.4 Å². The number of carbonyl (C=O) groups excluding carboxylic acids is 1. The van der Waals surface area contributed by atoms with Gasteiger partial charge in [0.1, 0.15) is 6.04 Å². The molecular weight excluding hydrogens is 242 g/mol. The molecule has 102 valence electrons. The van der Waals surface area contributed by atoms with Crippen LogP contribution in [0.15, 0.2) is 30.3 Å². The molecule has 2 unspecified atom stereocenters. The summed E-state index contributed by atoms with van der Waals surface area (Å²) < 4.78 is 0. The molecule has 1 heterocycles. The smallest absolute Gasteiger partial charge is 0.327 e. The molecule has 1 aromatic carbocycles. The molecule has 0 spiro atoms. The number of hydrogen-bond donors (Lipinski definition) is 2. The van der Waals surface area contributed by atoms with E-state index >= 15 is 0 Å². The molecule has 2 N–H and O–H groups in total. The van der Waals surface area contributed by atoms with Gasteiger partial charge in [-0.15, -0.1) is 0 Å². The molecule has 0 aliphatic carbocycles. The second kappa shape index (κ2) is 5.03. The maximum Gasteiger partial charge on any atom is 0.327 e. The Bertz CT molecular complexity index is 483. The monoisotopic (exact) mass is 261 g/mol. The standard InChI is InChI=1S/C15H19NO3/c1-10(2)8-15(11-6-4-3-5-7-11)9-12(17)16-13(15)14(18)19/h3-7,10,13H,8-9H2,1-2H3,(H,16,17)(H,18,19). The average molecular weight is 261 g/mol. The van der Waals surface area contributed by atoms with Crippen LogP contribution in [0.5, 0.6) is 0 Å². The second-order valence-electron chi connectivity index (χ2n) is 5.64. The van der Waals surface area contributed by atoms with Gasteiger partial charge in [0.2, 0.25) is 5.91 Å². The van der Waals surface area contributed by atoms with Crippen molar-refractivity contribution < 1.29 is 14.7 Å². The molecule has 1 saturated heterocycles. The molecule has 2 rings (SSSR count). The van der Waals surface area contributed by atoms with E-state index in [1.807, 2.05) is 44.2 Å². The van der Waals surface area contributed by atoms with E-state index in [0.717, 1.165) is 5.56 Å². The molecule has 19 heavy (non-hydrogen) atoms. The van der Waals surface area contributed by atoms with Gasteiger partial charge in [-0.2, -0.15) is 0 Å². The van der Waals surface area contributed by atoms with Crippen LogP contribution in [0.2, 0.25) is 0 Å². The summed E-state index contributed by atoms with van der Waals surface area (Å²) in [5.74, 6) is -0.831. The van der Waals surface area contributed by atoms with E-state index < -0.39 is 17.4 Å². The molecule has 2 atom stereocenters. The van der Waals surface area contributed by atoms with Gasteiger partial charge in [0.05, 0.1) is 0 Å². The number of hydrogen-bond acceptors (Lipinski definition) is 2. The molecule has 1 aliphatic rings. The Morgan fingerprint density at radius 2 is 2.05 bits per heavy atom. The van der Waals surface area contributed by atoms with Crippen molar-refractivity contribution in [2.45, 2.75) is 38.1 Å². The lowest BCUT2D eigenvalue weighted by Gasteiger charge is -2.34. The summed E-state index contributed by atoms with van der Waals surface area (Å²) in [5.41, 5.74) is 0.285. The maximum atomic E-state index is 11.8. The Kier molecular flexibility index (Phi) is 3.60. The fourth-order valence-electron chi connectivity index (χ4n) is 3.11. The zero-order valence-electron chi connectivity index (χ0n) is 11.2. The first-order valence-corrected chi connectivity index (χ1v) is 6.53. The normalized spacial score (nSPS) is 26.5. The van der Waals surface area contributed by atoms with Crippen LogP contribution in [0.1, 0.15) is 32.3 Å². The van der Waals surface area contributed by atoms with Crippen molar-refractivity contribution in [3.05, 3.63) is 35.9 Å². The van der Waals surface area contributed by atoms with Crippen molar-refractivity contribution in [2.75, 3.05) is 0 Å². The summed E-state index contributed by atoms with van der Waals surface area (Å²) in [6.07, 6.45) is 0.916. The predicted octanol–water partition coefficient (Wildman–Crippen LogP) is 1.94. The Hall–Kier alpha value is -1.84. The van der Waals surface area contributed by atoms with Crippen LogP contribution in [-0.4, -0.2) is 23.0 Å². The summed E-state index contributed by atoms with van der Waals surface area (Å²) in [6.45, 7) is 4.10. The predicted molar refractivity (Wildman–Crippen MR) is 71.8 cm³/mol. The molecule has 0 radical (unpaired) electrons. The van der Waals surface area contributed by atoms with E-state index in [-0.39, 0.29) is 12.3 Å². The van der Waals surface area contributed by atoms with Crippen LogP contribution < -0.4 is 5.32 Å². The third kappa shape index (κ3) is 2.48. The molecule has 1 aliphatic heterocycles. The van der Waals surface area contributed by atoms with Crippen LogP contribution in [0.3, 0.4) is 0 Å². The molecule has 0 saturated carbocycles. The van der Waals surface area contributed by atoms with Gasteiger partial charge in [-0.05, 0) is 17.9 Å². The number of amides is 1.